The molecule has 1 saturated heterocycles. The van der Waals surface area contributed by atoms with Gasteiger partial charge in [-0.25, -0.2) is 9.18 Å². The van der Waals surface area contributed by atoms with E-state index < -0.39 is 11.4 Å². The van der Waals surface area contributed by atoms with Gasteiger partial charge in [0.1, 0.15) is 11.4 Å². The van der Waals surface area contributed by atoms with Gasteiger partial charge in [-0.15, -0.1) is 0 Å². The van der Waals surface area contributed by atoms with Gasteiger partial charge in [-0.3, -0.25) is 4.79 Å². The zero-order chi connectivity index (χ0) is 17.6. The van der Waals surface area contributed by atoms with Crippen molar-refractivity contribution in [3.05, 3.63) is 35.1 Å². The van der Waals surface area contributed by atoms with E-state index in [4.69, 9.17) is 4.74 Å². The lowest BCUT2D eigenvalue weighted by Crippen LogP contribution is -2.37. The molecule has 2 atom stereocenters. The molecule has 0 radical (unpaired) electrons. The Kier molecular flexibility index (Phi) is 4.01. The Morgan fingerprint density at radius 3 is 2.62 bits per heavy atom. The fourth-order valence-corrected chi connectivity index (χ4v) is 3.56. The summed E-state index contributed by atoms with van der Waals surface area (Å²) in [6.07, 6.45) is -0.340. The fraction of sp³-hybridized carbons (Fsp3) is 0.556. The smallest absolute Gasteiger partial charge is 0.410 e. The number of nitrogens with zero attached hydrogens (tertiary/aromatic N) is 2. The van der Waals surface area contributed by atoms with Gasteiger partial charge in [-0.2, -0.15) is 0 Å². The first kappa shape index (κ1) is 16.7. The number of carbonyl (C=O) groups is 2. The molecule has 130 valence electrons. The third kappa shape index (κ3) is 3.09. The highest BCUT2D eigenvalue weighted by Crippen LogP contribution is 2.38. The van der Waals surface area contributed by atoms with E-state index in [2.05, 4.69) is 0 Å². The molecule has 24 heavy (non-hydrogen) atoms. The second-order valence-electron chi connectivity index (χ2n) is 7.67. The van der Waals surface area contributed by atoms with E-state index in [0.29, 0.717) is 25.2 Å². The lowest BCUT2D eigenvalue weighted by atomic mass is 9.87. The molecular weight excluding hydrogens is 311 g/mol. The maximum Gasteiger partial charge on any atom is 0.410 e. The molecule has 6 heteroatoms. The first-order valence-corrected chi connectivity index (χ1v) is 8.18. The zero-order valence-corrected chi connectivity index (χ0v) is 14.5. The number of hydrogen-bond acceptors (Lipinski definition) is 3. The van der Waals surface area contributed by atoms with Crippen molar-refractivity contribution in [3.63, 3.8) is 0 Å². The van der Waals surface area contributed by atoms with Gasteiger partial charge in [0, 0.05) is 44.1 Å². The van der Waals surface area contributed by atoms with Crippen LogP contribution < -0.4 is 0 Å². The van der Waals surface area contributed by atoms with Gasteiger partial charge in [0.15, 0.2) is 0 Å². The lowest BCUT2D eigenvalue weighted by Gasteiger charge is -2.25. The Balaban J connectivity index is 1.90. The SMILES string of the molecule is CN1C[C@@H]2CN(C(=O)OC(C)(C)C)C[C@H]2c2ccc(F)cc2C1=O. The van der Waals surface area contributed by atoms with Crippen molar-refractivity contribution in [1.29, 1.82) is 0 Å². The van der Waals surface area contributed by atoms with Crippen LogP contribution in [-0.2, 0) is 4.74 Å². The number of hydrogen-bond donors (Lipinski definition) is 0. The van der Waals surface area contributed by atoms with Crippen molar-refractivity contribution in [2.24, 2.45) is 5.92 Å². The summed E-state index contributed by atoms with van der Waals surface area (Å²) in [6, 6.07) is 4.36. The molecular formula is C18H23FN2O3. The van der Waals surface area contributed by atoms with E-state index in [1.807, 2.05) is 20.8 Å². The maximum atomic E-state index is 13.6. The standard InChI is InChI=1S/C18H23FN2O3/c1-18(2,3)24-17(23)21-9-11-8-20(4)16(22)14-7-12(19)5-6-13(14)15(11)10-21/h5-7,11,15H,8-10H2,1-4H3/t11-,15-/m1/s1. The number of ether oxygens (including phenoxy) is 1. The van der Waals surface area contributed by atoms with Gasteiger partial charge in [0.25, 0.3) is 5.91 Å². The average molecular weight is 334 g/mol. The van der Waals surface area contributed by atoms with Crippen molar-refractivity contribution >= 4 is 12.0 Å². The van der Waals surface area contributed by atoms with E-state index in [9.17, 15) is 14.0 Å². The Morgan fingerprint density at radius 2 is 1.96 bits per heavy atom. The molecule has 0 aliphatic carbocycles. The minimum absolute atomic E-state index is 0.0158. The molecule has 0 unspecified atom stereocenters. The Bertz CT molecular complexity index is 683. The van der Waals surface area contributed by atoms with Gasteiger partial charge in [-0.1, -0.05) is 6.07 Å². The van der Waals surface area contributed by atoms with Crippen molar-refractivity contribution in [2.45, 2.75) is 32.3 Å². The summed E-state index contributed by atoms with van der Waals surface area (Å²) in [5.41, 5.74) is 0.674. The van der Waals surface area contributed by atoms with Crippen LogP contribution >= 0.6 is 0 Å². The first-order valence-electron chi connectivity index (χ1n) is 8.18. The molecule has 1 fully saturated rings. The Hall–Kier alpha value is -2.11. The van der Waals surface area contributed by atoms with Crippen molar-refractivity contribution in [1.82, 2.24) is 9.80 Å². The summed E-state index contributed by atoms with van der Waals surface area (Å²) in [6.45, 7) is 7.07. The maximum absolute atomic E-state index is 13.6. The monoisotopic (exact) mass is 334 g/mol. The molecule has 0 aromatic heterocycles. The Labute approximate surface area is 141 Å². The summed E-state index contributed by atoms with van der Waals surface area (Å²) in [5, 5.41) is 0. The molecule has 2 aliphatic rings. The second kappa shape index (κ2) is 5.76. The van der Waals surface area contributed by atoms with Crippen LogP contribution in [0.25, 0.3) is 0 Å². The van der Waals surface area contributed by atoms with E-state index in [0.717, 1.165) is 5.56 Å². The van der Waals surface area contributed by atoms with Crippen LogP contribution in [0.5, 0.6) is 0 Å². The fourth-order valence-electron chi connectivity index (χ4n) is 3.56. The molecule has 0 saturated carbocycles. The van der Waals surface area contributed by atoms with Crippen LogP contribution in [0.3, 0.4) is 0 Å². The Morgan fingerprint density at radius 1 is 1.25 bits per heavy atom. The molecule has 0 spiro atoms. The zero-order valence-electron chi connectivity index (χ0n) is 14.5. The van der Waals surface area contributed by atoms with Crippen LogP contribution in [0.4, 0.5) is 9.18 Å². The number of likely N-dealkylation sites (tertiary alicyclic amines) is 1. The predicted octanol–water partition coefficient (Wildman–Crippen LogP) is 2.86. The molecule has 1 aromatic rings. The quantitative estimate of drug-likeness (QED) is 0.733. The number of halogens is 1. The normalized spacial score (nSPS) is 23.6. The largest absolute Gasteiger partial charge is 0.444 e. The molecule has 5 nitrogen and oxygen atoms in total. The minimum atomic E-state index is -0.546. The number of benzene rings is 1. The molecule has 3 rings (SSSR count). The van der Waals surface area contributed by atoms with Gasteiger partial charge >= 0.3 is 6.09 Å². The average Bonchev–Trinajstić information content (AvgIpc) is 2.85. The van der Waals surface area contributed by atoms with Gasteiger partial charge in [0.2, 0.25) is 0 Å². The number of amides is 2. The highest BCUT2D eigenvalue weighted by Gasteiger charge is 2.42. The van der Waals surface area contributed by atoms with Gasteiger partial charge in [-0.05, 0) is 38.5 Å². The van der Waals surface area contributed by atoms with Crippen molar-refractivity contribution in [2.75, 3.05) is 26.7 Å². The lowest BCUT2D eigenvalue weighted by molar-refractivity contribution is 0.0284. The first-order chi connectivity index (χ1) is 11.2. The van der Waals surface area contributed by atoms with E-state index in [1.54, 1.807) is 22.9 Å². The van der Waals surface area contributed by atoms with Crippen LogP contribution in [0.2, 0.25) is 0 Å². The highest BCUT2D eigenvalue weighted by molar-refractivity contribution is 5.96. The van der Waals surface area contributed by atoms with Gasteiger partial charge in [0.05, 0.1) is 0 Å². The van der Waals surface area contributed by atoms with Crippen molar-refractivity contribution in [3.8, 4) is 0 Å². The third-order valence-corrected chi connectivity index (χ3v) is 4.59. The number of rotatable bonds is 0. The number of carbonyl (C=O) groups excluding carboxylic acids is 2. The molecule has 2 amide bonds. The molecule has 2 heterocycles. The highest BCUT2D eigenvalue weighted by atomic mass is 19.1. The van der Waals surface area contributed by atoms with Crippen LogP contribution in [-0.4, -0.2) is 54.1 Å². The van der Waals surface area contributed by atoms with E-state index in [-0.39, 0.29) is 23.8 Å². The van der Waals surface area contributed by atoms with Crippen LogP contribution in [0, 0.1) is 11.7 Å². The van der Waals surface area contributed by atoms with E-state index >= 15 is 0 Å². The topological polar surface area (TPSA) is 49.9 Å². The summed E-state index contributed by atoms with van der Waals surface area (Å²) < 4.78 is 19.1. The van der Waals surface area contributed by atoms with Crippen molar-refractivity contribution < 1.29 is 18.7 Å². The summed E-state index contributed by atoms with van der Waals surface area (Å²) in [7, 11) is 1.72. The second-order valence-corrected chi connectivity index (χ2v) is 7.67. The van der Waals surface area contributed by atoms with E-state index in [1.165, 1.54) is 12.1 Å². The summed E-state index contributed by atoms with van der Waals surface area (Å²) in [4.78, 5) is 28.1. The molecule has 2 aliphatic heterocycles. The van der Waals surface area contributed by atoms with Gasteiger partial charge < -0.3 is 14.5 Å². The molecule has 0 bridgehead atoms. The third-order valence-electron chi connectivity index (χ3n) is 4.59. The summed E-state index contributed by atoms with van der Waals surface area (Å²) in [5.74, 6) is -0.445. The predicted molar refractivity (Wildman–Crippen MR) is 87.4 cm³/mol. The van der Waals surface area contributed by atoms with Crippen LogP contribution in [0.15, 0.2) is 18.2 Å². The number of fused-ring (bicyclic) bond motifs is 3. The minimum Gasteiger partial charge on any atom is -0.444 e. The molecule has 1 aromatic carbocycles. The molecule has 0 N–H and O–H groups in total. The van der Waals surface area contributed by atoms with Crippen LogP contribution in [0.1, 0.15) is 42.6 Å². The summed E-state index contributed by atoms with van der Waals surface area (Å²) >= 11 is 0.